The van der Waals surface area contributed by atoms with E-state index in [-0.39, 0.29) is 42.7 Å². The molecular weight excluding hydrogens is 308 g/mol. The van der Waals surface area contributed by atoms with Crippen molar-refractivity contribution >= 4 is 17.8 Å². The van der Waals surface area contributed by atoms with E-state index in [1.807, 2.05) is 0 Å². The molecule has 4 bridgehead atoms. The molecule has 2 N–H and O–H groups in total. The van der Waals surface area contributed by atoms with Crippen LogP contribution in [0.3, 0.4) is 0 Å². The highest BCUT2D eigenvalue weighted by Gasteiger charge is 2.51. The Morgan fingerprint density at radius 2 is 1.58 bits per heavy atom. The fourth-order valence-electron chi connectivity index (χ4n) is 5.35. The molecule has 0 aromatic rings. The molecule has 2 amide bonds. The number of esters is 1. The Labute approximate surface area is 143 Å². The lowest BCUT2D eigenvalue weighted by Crippen LogP contribution is -2.60. The number of carbonyl (C=O) groups excluding carboxylic acids is 3. The molecule has 0 aromatic carbocycles. The second-order valence-electron chi connectivity index (χ2n) is 7.83. The largest absolute Gasteiger partial charge is 0.466 e. The van der Waals surface area contributed by atoms with Gasteiger partial charge < -0.3 is 15.4 Å². The second kappa shape index (κ2) is 7.11. The normalized spacial score (nSPS) is 33.1. The lowest BCUT2D eigenvalue weighted by molar-refractivity contribution is -0.143. The maximum Gasteiger partial charge on any atom is 0.307 e. The summed E-state index contributed by atoms with van der Waals surface area (Å²) >= 11 is 0. The third-order valence-electron chi connectivity index (χ3n) is 5.72. The Morgan fingerprint density at radius 3 is 2.12 bits per heavy atom. The summed E-state index contributed by atoms with van der Waals surface area (Å²) in [5, 5.41) is 5.79. The van der Waals surface area contributed by atoms with Crippen LogP contribution in [0.4, 0.5) is 0 Å². The summed E-state index contributed by atoms with van der Waals surface area (Å²) in [6.07, 6.45) is 7.18. The number of nitrogens with one attached hydrogen (secondary N) is 2. The van der Waals surface area contributed by atoms with Crippen molar-refractivity contribution in [1.82, 2.24) is 10.6 Å². The first-order valence-corrected chi connectivity index (χ1v) is 9.21. The molecule has 0 spiro atoms. The summed E-state index contributed by atoms with van der Waals surface area (Å²) < 4.78 is 4.79. The van der Waals surface area contributed by atoms with Gasteiger partial charge in [0.25, 0.3) is 0 Å². The number of amides is 2. The summed E-state index contributed by atoms with van der Waals surface area (Å²) in [5.41, 5.74) is -0.0585. The SMILES string of the molecule is CCOC(=O)CCNC(=O)CC(=O)NC12CC3CC(CC(C3)C1)C2. The smallest absolute Gasteiger partial charge is 0.307 e. The van der Waals surface area contributed by atoms with E-state index in [1.165, 1.54) is 19.3 Å². The van der Waals surface area contributed by atoms with Gasteiger partial charge in [-0.15, -0.1) is 0 Å². The predicted molar refractivity (Wildman–Crippen MR) is 87.9 cm³/mol. The molecule has 0 aromatic heterocycles. The van der Waals surface area contributed by atoms with Crippen molar-refractivity contribution in [2.45, 2.75) is 63.8 Å². The fraction of sp³-hybridized carbons (Fsp3) is 0.833. The highest BCUT2D eigenvalue weighted by molar-refractivity contribution is 5.97. The minimum atomic E-state index is -0.337. The molecule has 4 fully saturated rings. The first kappa shape index (κ1) is 17.2. The van der Waals surface area contributed by atoms with Crippen molar-refractivity contribution in [3.05, 3.63) is 0 Å². The van der Waals surface area contributed by atoms with Crippen LogP contribution < -0.4 is 10.6 Å². The number of hydrogen-bond acceptors (Lipinski definition) is 4. The van der Waals surface area contributed by atoms with Crippen molar-refractivity contribution in [3.8, 4) is 0 Å². The molecule has 134 valence electrons. The van der Waals surface area contributed by atoms with Crippen LogP contribution in [0.5, 0.6) is 0 Å². The van der Waals surface area contributed by atoms with Gasteiger partial charge in [-0.1, -0.05) is 0 Å². The van der Waals surface area contributed by atoms with Crippen molar-refractivity contribution < 1.29 is 19.1 Å². The highest BCUT2D eigenvalue weighted by Crippen LogP contribution is 2.55. The number of carbonyl (C=O) groups is 3. The Bertz CT molecular complexity index is 482. The van der Waals surface area contributed by atoms with Gasteiger partial charge in [0.15, 0.2) is 0 Å². The molecule has 4 aliphatic carbocycles. The van der Waals surface area contributed by atoms with E-state index in [2.05, 4.69) is 10.6 Å². The molecule has 6 heteroatoms. The summed E-state index contributed by atoms with van der Waals surface area (Å²) in [4.78, 5) is 35.3. The Morgan fingerprint density at radius 1 is 1.00 bits per heavy atom. The zero-order valence-electron chi connectivity index (χ0n) is 14.4. The van der Waals surface area contributed by atoms with Crippen molar-refractivity contribution in [3.63, 3.8) is 0 Å². The second-order valence-corrected chi connectivity index (χ2v) is 7.83. The van der Waals surface area contributed by atoms with Crippen LogP contribution in [-0.2, 0) is 19.1 Å². The minimum absolute atomic E-state index is 0.0585. The first-order valence-electron chi connectivity index (χ1n) is 9.21. The molecule has 4 saturated carbocycles. The summed E-state index contributed by atoms with van der Waals surface area (Å²) in [6.45, 7) is 2.29. The standard InChI is InChI=1S/C18H28N2O4/c1-2-24-17(23)3-4-19-15(21)8-16(22)20-18-9-12-5-13(10-18)7-14(6-12)11-18/h12-14H,2-11H2,1H3,(H,19,21)(H,20,22). The van der Waals surface area contributed by atoms with Gasteiger partial charge in [0.1, 0.15) is 6.42 Å². The molecule has 0 unspecified atom stereocenters. The maximum absolute atomic E-state index is 12.3. The van der Waals surface area contributed by atoms with Gasteiger partial charge in [0.2, 0.25) is 11.8 Å². The molecule has 4 rings (SSSR count). The Hall–Kier alpha value is -1.59. The summed E-state index contributed by atoms with van der Waals surface area (Å²) in [6, 6.07) is 0. The monoisotopic (exact) mass is 336 g/mol. The molecule has 0 saturated heterocycles. The first-order chi connectivity index (χ1) is 11.5. The van der Waals surface area contributed by atoms with Crippen LogP contribution in [0.2, 0.25) is 0 Å². The average molecular weight is 336 g/mol. The van der Waals surface area contributed by atoms with E-state index >= 15 is 0 Å². The zero-order chi connectivity index (χ0) is 17.2. The molecule has 0 radical (unpaired) electrons. The quantitative estimate of drug-likeness (QED) is 0.545. The molecule has 0 aliphatic heterocycles. The van der Waals surface area contributed by atoms with Gasteiger partial charge in [-0.2, -0.15) is 0 Å². The van der Waals surface area contributed by atoms with Crippen LogP contribution in [0.25, 0.3) is 0 Å². The highest BCUT2D eigenvalue weighted by atomic mass is 16.5. The van der Waals surface area contributed by atoms with Gasteiger partial charge in [-0.3, -0.25) is 14.4 Å². The molecule has 0 atom stereocenters. The van der Waals surface area contributed by atoms with Crippen LogP contribution in [0.1, 0.15) is 58.3 Å². The van der Waals surface area contributed by atoms with E-state index in [0.717, 1.165) is 37.0 Å². The van der Waals surface area contributed by atoms with Gasteiger partial charge in [0.05, 0.1) is 13.0 Å². The lowest BCUT2D eigenvalue weighted by atomic mass is 9.53. The minimum Gasteiger partial charge on any atom is -0.466 e. The topological polar surface area (TPSA) is 84.5 Å². The molecule has 6 nitrogen and oxygen atoms in total. The number of ether oxygens (including phenoxy) is 1. The molecular formula is C18H28N2O4. The number of rotatable bonds is 7. The van der Waals surface area contributed by atoms with E-state index < -0.39 is 0 Å². The van der Waals surface area contributed by atoms with Crippen LogP contribution in [0, 0.1) is 17.8 Å². The van der Waals surface area contributed by atoms with Gasteiger partial charge in [-0.05, 0) is 63.2 Å². The Kier molecular flexibility index (Phi) is 5.11. The van der Waals surface area contributed by atoms with Crippen LogP contribution in [-0.4, -0.2) is 36.5 Å². The van der Waals surface area contributed by atoms with Crippen molar-refractivity contribution in [1.29, 1.82) is 0 Å². The Balaban J connectivity index is 1.41. The van der Waals surface area contributed by atoms with Gasteiger partial charge >= 0.3 is 5.97 Å². The average Bonchev–Trinajstić information content (AvgIpc) is 2.44. The van der Waals surface area contributed by atoms with E-state index in [9.17, 15) is 14.4 Å². The zero-order valence-corrected chi connectivity index (χ0v) is 14.4. The van der Waals surface area contributed by atoms with Crippen LogP contribution in [0.15, 0.2) is 0 Å². The number of hydrogen-bond donors (Lipinski definition) is 2. The molecule has 4 aliphatic rings. The van der Waals surface area contributed by atoms with Crippen LogP contribution >= 0.6 is 0 Å². The molecule has 0 heterocycles. The van der Waals surface area contributed by atoms with E-state index in [4.69, 9.17) is 4.74 Å². The third kappa shape index (κ3) is 4.08. The lowest BCUT2D eigenvalue weighted by Gasteiger charge is -2.56. The van der Waals surface area contributed by atoms with Crippen molar-refractivity contribution in [2.24, 2.45) is 17.8 Å². The van der Waals surface area contributed by atoms with E-state index in [0.29, 0.717) is 6.61 Å². The third-order valence-corrected chi connectivity index (χ3v) is 5.72. The molecule has 24 heavy (non-hydrogen) atoms. The van der Waals surface area contributed by atoms with Crippen molar-refractivity contribution in [2.75, 3.05) is 13.2 Å². The van der Waals surface area contributed by atoms with Gasteiger partial charge in [0, 0.05) is 12.1 Å². The fourth-order valence-corrected chi connectivity index (χ4v) is 5.35. The summed E-state index contributed by atoms with van der Waals surface area (Å²) in [5.74, 6) is 1.42. The van der Waals surface area contributed by atoms with Gasteiger partial charge in [-0.25, -0.2) is 0 Å². The summed E-state index contributed by atoms with van der Waals surface area (Å²) in [7, 11) is 0. The maximum atomic E-state index is 12.3. The van der Waals surface area contributed by atoms with E-state index in [1.54, 1.807) is 6.92 Å². The predicted octanol–water partition coefficient (Wildman–Crippen LogP) is 1.53.